The Morgan fingerprint density at radius 3 is 2.61 bits per heavy atom. The van der Waals surface area contributed by atoms with Gasteiger partial charge in [0.2, 0.25) is 0 Å². The van der Waals surface area contributed by atoms with Crippen molar-refractivity contribution in [1.29, 1.82) is 0 Å². The van der Waals surface area contributed by atoms with Crippen molar-refractivity contribution < 1.29 is 9.47 Å². The summed E-state index contributed by atoms with van der Waals surface area (Å²) in [4.78, 5) is 0. The average Bonchev–Trinajstić information content (AvgIpc) is 2.71. The molecule has 2 atom stereocenters. The van der Waals surface area contributed by atoms with Crippen molar-refractivity contribution in [3.05, 3.63) is 0 Å². The van der Waals surface area contributed by atoms with Gasteiger partial charge in [-0.05, 0) is 25.2 Å². The van der Waals surface area contributed by atoms with Gasteiger partial charge in [0.25, 0.3) is 0 Å². The number of ether oxygens (including phenoxy) is 2. The normalized spacial score (nSPS) is 28.8. The summed E-state index contributed by atoms with van der Waals surface area (Å²) in [5, 5.41) is 3.44. The van der Waals surface area contributed by atoms with Crippen LogP contribution in [0.3, 0.4) is 0 Å². The van der Waals surface area contributed by atoms with Gasteiger partial charge in [0.05, 0.1) is 18.8 Å². The molecule has 18 heavy (non-hydrogen) atoms. The lowest BCUT2D eigenvalue weighted by Crippen LogP contribution is -2.32. The van der Waals surface area contributed by atoms with Crippen molar-refractivity contribution in [3.8, 4) is 0 Å². The molecule has 1 saturated carbocycles. The lowest BCUT2D eigenvalue weighted by Gasteiger charge is -2.25. The molecule has 1 saturated heterocycles. The Bertz CT molecular complexity index is 229. The monoisotopic (exact) mass is 255 g/mol. The van der Waals surface area contributed by atoms with E-state index in [0.717, 1.165) is 32.1 Å². The zero-order valence-electron chi connectivity index (χ0n) is 12.0. The van der Waals surface area contributed by atoms with Crippen molar-refractivity contribution in [3.63, 3.8) is 0 Å². The van der Waals surface area contributed by atoms with E-state index in [1.54, 1.807) is 0 Å². The Hall–Kier alpha value is -0.120. The first kappa shape index (κ1) is 14.3. The fourth-order valence-corrected chi connectivity index (χ4v) is 2.67. The molecule has 2 fully saturated rings. The van der Waals surface area contributed by atoms with Crippen LogP contribution >= 0.6 is 0 Å². The third-order valence-electron chi connectivity index (χ3n) is 4.15. The molecule has 3 heteroatoms. The molecule has 0 aromatic rings. The van der Waals surface area contributed by atoms with Crippen LogP contribution < -0.4 is 5.32 Å². The van der Waals surface area contributed by atoms with Crippen molar-refractivity contribution in [2.45, 2.75) is 70.6 Å². The predicted octanol–water partition coefficient (Wildman–Crippen LogP) is 2.74. The van der Waals surface area contributed by atoms with Crippen molar-refractivity contribution in [2.24, 2.45) is 5.92 Å². The molecule has 0 spiro atoms. The zero-order valence-corrected chi connectivity index (χ0v) is 12.0. The average molecular weight is 255 g/mol. The molecule has 1 N–H and O–H groups in total. The summed E-state index contributed by atoms with van der Waals surface area (Å²) in [6.07, 6.45) is 8.60. The summed E-state index contributed by atoms with van der Waals surface area (Å²) < 4.78 is 11.7. The fourth-order valence-electron chi connectivity index (χ4n) is 2.67. The van der Waals surface area contributed by atoms with Gasteiger partial charge in [0, 0.05) is 19.2 Å². The van der Waals surface area contributed by atoms with E-state index in [-0.39, 0.29) is 0 Å². The van der Waals surface area contributed by atoms with Gasteiger partial charge in [-0.2, -0.15) is 0 Å². The van der Waals surface area contributed by atoms with Gasteiger partial charge in [0.1, 0.15) is 0 Å². The first-order valence-corrected chi connectivity index (χ1v) is 7.70. The second kappa shape index (κ2) is 7.46. The molecule has 2 aliphatic rings. The van der Waals surface area contributed by atoms with E-state index in [1.165, 1.54) is 32.1 Å². The van der Waals surface area contributed by atoms with Gasteiger partial charge < -0.3 is 14.8 Å². The first-order valence-electron chi connectivity index (χ1n) is 7.70. The summed E-state index contributed by atoms with van der Waals surface area (Å²) in [5.74, 6) is 0.956. The molecule has 0 radical (unpaired) electrons. The van der Waals surface area contributed by atoms with E-state index in [9.17, 15) is 0 Å². The number of hydrogen-bond donors (Lipinski definition) is 1. The lowest BCUT2D eigenvalue weighted by atomic mass is 9.83. The Labute approximate surface area is 112 Å². The van der Waals surface area contributed by atoms with Crippen molar-refractivity contribution in [2.75, 3.05) is 19.8 Å². The minimum atomic E-state index is 0.338. The van der Waals surface area contributed by atoms with Gasteiger partial charge in [0.15, 0.2) is 0 Å². The Balaban J connectivity index is 1.47. The standard InChI is InChI=1S/C15H29NO2/c1-12(2)16-10-14-6-7-15(18-14)11-17-9-8-13-4-3-5-13/h12-16H,3-11H2,1-2H3. The molecule has 0 aromatic carbocycles. The molecule has 0 aromatic heterocycles. The number of nitrogens with one attached hydrogen (secondary N) is 1. The summed E-state index contributed by atoms with van der Waals surface area (Å²) in [6, 6.07) is 0.548. The van der Waals surface area contributed by atoms with Gasteiger partial charge in [-0.3, -0.25) is 0 Å². The van der Waals surface area contributed by atoms with Crippen LogP contribution in [0.15, 0.2) is 0 Å². The predicted molar refractivity (Wildman–Crippen MR) is 73.8 cm³/mol. The van der Waals surface area contributed by atoms with E-state index < -0.39 is 0 Å². The maximum Gasteiger partial charge on any atom is 0.0813 e. The zero-order chi connectivity index (χ0) is 12.8. The maximum absolute atomic E-state index is 5.97. The highest BCUT2D eigenvalue weighted by Crippen LogP contribution is 2.29. The minimum absolute atomic E-state index is 0.338. The minimum Gasteiger partial charge on any atom is -0.379 e. The van der Waals surface area contributed by atoms with Gasteiger partial charge >= 0.3 is 0 Å². The molecular formula is C15H29NO2. The molecule has 3 nitrogen and oxygen atoms in total. The van der Waals surface area contributed by atoms with Gasteiger partial charge in [-0.15, -0.1) is 0 Å². The van der Waals surface area contributed by atoms with Crippen LogP contribution in [-0.4, -0.2) is 38.0 Å². The topological polar surface area (TPSA) is 30.5 Å². The smallest absolute Gasteiger partial charge is 0.0813 e. The molecule has 2 unspecified atom stereocenters. The molecule has 0 amide bonds. The van der Waals surface area contributed by atoms with Crippen molar-refractivity contribution in [1.82, 2.24) is 5.32 Å². The van der Waals surface area contributed by atoms with Crippen LogP contribution in [0, 0.1) is 5.92 Å². The van der Waals surface area contributed by atoms with E-state index in [0.29, 0.717) is 18.2 Å². The SMILES string of the molecule is CC(C)NCC1CCC(COCCC2CCC2)O1. The quantitative estimate of drug-likeness (QED) is 0.677. The van der Waals surface area contributed by atoms with E-state index in [2.05, 4.69) is 19.2 Å². The van der Waals surface area contributed by atoms with Crippen LogP contribution in [0.2, 0.25) is 0 Å². The molecule has 1 heterocycles. The van der Waals surface area contributed by atoms with Crippen LogP contribution in [0.25, 0.3) is 0 Å². The lowest BCUT2D eigenvalue weighted by molar-refractivity contribution is -0.0186. The second-order valence-electron chi connectivity index (χ2n) is 6.18. The third-order valence-corrected chi connectivity index (χ3v) is 4.15. The van der Waals surface area contributed by atoms with Gasteiger partial charge in [-0.1, -0.05) is 33.1 Å². The molecule has 2 rings (SSSR count). The van der Waals surface area contributed by atoms with Crippen molar-refractivity contribution >= 4 is 0 Å². The van der Waals surface area contributed by atoms with Crippen LogP contribution in [0.4, 0.5) is 0 Å². The summed E-state index contributed by atoms with van der Waals surface area (Å²) in [7, 11) is 0. The van der Waals surface area contributed by atoms with Gasteiger partial charge in [-0.25, -0.2) is 0 Å². The number of hydrogen-bond acceptors (Lipinski definition) is 3. The Morgan fingerprint density at radius 1 is 1.17 bits per heavy atom. The van der Waals surface area contributed by atoms with Crippen LogP contribution in [0.1, 0.15) is 52.4 Å². The third kappa shape index (κ3) is 4.87. The van der Waals surface area contributed by atoms with E-state index in [4.69, 9.17) is 9.47 Å². The summed E-state index contributed by atoms with van der Waals surface area (Å²) in [6.45, 7) is 7.06. The van der Waals surface area contributed by atoms with E-state index >= 15 is 0 Å². The Kier molecular flexibility index (Phi) is 5.93. The highest BCUT2D eigenvalue weighted by molar-refractivity contribution is 4.76. The Morgan fingerprint density at radius 2 is 1.94 bits per heavy atom. The summed E-state index contributed by atoms with van der Waals surface area (Å²) in [5.41, 5.74) is 0. The molecule has 1 aliphatic carbocycles. The summed E-state index contributed by atoms with van der Waals surface area (Å²) >= 11 is 0. The van der Waals surface area contributed by atoms with E-state index in [1.807, 2.05) is 0 Å². The fraction of sp³-hybridized carbons (Fsp3) is 1.00. The first-order chi connectivity index (χ1) is 8.74. The second-order valence-corrected chi connectivity index (χ2v) is 6.18. The largest absolute Gasteiger partial charge is 0.379 e. The highest BCUT2D eigenvalue weighted by atomic mass is 16.5. The molecule has 106 valence electrons. The molecular weight excluding hydrogens is 226 g/mol. The maximum atomic E-state index is 5.97. The van der Waals surface area contributed by atoms with Crippen LogP contribution in [-0.2, 0) is 9.47 Å². The molecule has 0 bridgehead atoms. The van der Waals surface area contributed by atoms with Crippen LogP contribution in [0.5, 0.6) is 0 Å². The number of rotatable bonds is 8. The molecule has 1 aliphatic heterocycles. The highest BCUT2D eigenvalue weighted by Gasteiger charge is 2.25.